The van der Waals surface area contributed by atoms with Gasteiger partial charge < -0.3 is 9.47 Å². The van der Waals surface area contributed by atoms with Crippen LogP contribution in [0.25, 0.3) is 22.3 Å². The van der Waals surface area contributed by atoms with Crippen molar-refractivity contribution >= 4 is 0 Å². The molecule has 0 unspecified atom stereocenters. The molecule has 28 heavy (non-hydrogen) atoms. The van der Waals surface area contributed by atoms with Gasteiger partial charge in [-0.3, -0.25) is 0 Å². The fourth-order valence-electron chi connectivity index (χ4n) is 3.24. The van der Waals surface area contributed by atoms with Crippen LogP contribution in [0.15, 0.2) is 72.8 Å². The van der Waals surface area contributed by atoms with Crippen LogP contribution >= 0.6 is 0 Å². The number of rotatable bonds is 10. The Bertz CT molecular complexity index is 818. The summed E-state index contributed by atoms with van der Waals surface area (Å²) in [6, 6.07) is 25.8. The van der Waals surface area contributed by atoms with E-state index in [1.165, 1.54) is 40.7 Å². The van der Waals surface area contributed by atoms with Crippen molar-refractivity contribution in [2.24, 2.45) is 0 Å². The quantitative estimate of drug-likeness (QED) is 0.359. The van der Waals surface area contributed by atoms with E-state index in [4.69, 9.17) is 9.47 Å². The van der Waals surface area contributed by atoms with Crippen molar-refractivity contribution in [3.8, 4) is 28.0 Å². The Kier molecular flexibility index (Phi) is 7.69. The highest BCUT2D eigenvalue weighted by Gasteiger charge is 2.02. The number of benzene rings is 3. The summed E-state index contributed by atoms with van der Waals surface area (Å²) in [5, 5.41) is 0. The number of hydrogen-bond donors (Lipinski definition) is 0. The Labute approximate surface area is 169 Å². The zero-order chi connectivity index (χ0) is 19.6. The molecule has 0 fully saturated rings. The SMILES string of the molecule is COCCCCCCOc1ccc(-c2ccc(-c3ccc(C)cc3)cc2)cc1. The second kappa shape index (κ2) is 10.7. The normalized spacial score (nSPS) is 10.8. The Morgan fingerprint density at radius 3 is 1.46 bits per heavy atom. The van der Waals surface area contributed by atoms with Crippen LogP contribution < -0.4 is 4.74 Å². The molecule has 0 spiro atoms. The molecule has 3 aromatic rings. The molecule has 0 bridgehead atoms. The molecule has 0 aliphatic heterocycles. The minimum absolute atomic E-state index is 0.775. The maximum atomic E-state index is 5.86. The number of aryl methyl sites for hydroxylation is 1. The monoisotopic (exact) mass is 374 g/mol. The summed E-state index contributed by atoms with van der Waals surface area (Å²) in [4.78, 5) is 0. The van der Waals surface area contributed by atoms with Gasteiger partial charge in [0.15, 0.2) is 0 Å². The molecule has 0 radical (unpaired) electrons. The summed E-state index contributed by atoms with van der Waals surface area (Å²) in [6.07, 6.45) is 4.61. The van der Waals surface area contributed by atoms with Crippen molar-refractivity contribution < 1.29 is 9.47 Å². The molecule has 0 heterocycles. The number of methoxy groups -OCH3 is 1. The Balaban J connectivity index is 1.51. The van der Waals surface area contributed by atoms with Gasteiger partial charge in [0.25, 0.3) is 0 Å². The fourth-order valence-corrected chi connectivity index (χ4v) is 3.24. The average molecular weight is 375 g/mol. The zero-order valence-corrected chi connectivity index (χ0v) is 17.0. The van der Waals surface area contributed by atoms with Crippen LogP contribution in [0.2, 0.25) is 0 Å². The molecule has 2 nitrogen and oxygen atoms in total. The van der Waals surface area contributed by atoms with Crippen molar-refractivity contribution in [2.75, 3.05) is 20.3 Å². The second-order valence-electron chi connectivity index (χ2n) is 7.22. The van der Waals surface area contributed by atoms with Gasteiger partial charge in [-0.25, -0.2) is 0 Å². The molecular weight excluding hydrogens is 344 g/mol. The van der Waals surface area contributed by atoms with E-state index in [2.05, 4.69) is 79.7 Å². The van der Waals surface area contributed by atoms with Crippen molar-refractivity contribution in [1.29, 1.82) is 0 Å². The minimum atomic E-state index is 0.775. The molecule has 3 rings (SSSR count). The number of hydrogen-bond acceptors (Lipinski definition) is 2. The Morgan fingerprint density at radius 1 is 0.536 bits per heavy atom. The minimum Gasteiger partial charge on any atom is -0.494 e. The molecule has 2 heteroatoms. The first-order valence-electron chi connectivity index (χ1n) is 10.2. The van der Waals surface area contributed by atoms with E-state index < -0.39 is 0 Å². The summed E-state index contributed by atoms with van der Waals surface area (Å²) in [7, 11) is 1.76. The van der Waals surface area contributed by atoms with Crippen LogP contribution in [0.4, 0.5) is 0 Å². The van der Waals surface area contributed by atoms with Crippen LogP contribution in [0.1, 0.15) is 31.2 Å². The molecule has 0 saturated carbocycles. The lowest BCUT2D eigenvalue weighted by Gasteiger charge is -2.08. The second-order valence-corrected chi connectivity index (χ2v) is 7.22. The van der Waals surface area contributed by atoms with Gasteiger partial charge in [-0.2, -0.15) is 0 Å². The molecular formula is C26H30O2. The number of unbranched alkanes of at least 4 members (excludes halogenated alkanes) is 3. The third-order valence-corrected chi connectivity index (χ3v) is 4.97. The van der Waals surface area contributed by atoms with E-state index >= 15 is 0 Å². The van der Waals surface area contributed by atoms with Gasteiger partial charge in [0, 0.05) is 13.7 Å². The summed E-state index contributed by atoms with van der Waals surface area (Å²) in [5.41, 5.74) is 6.22. The summed E-state index contributed by atoms with van der Waals surface area (Å²) in [5.74, 6) is 0.942. The third kappa shape index (κ3) is 5.97. The van der Waals surface area contributed by atoms with Gasteiger partial charge in [-0.05, 0) is 60.6 Å². The van der Waals surface area contributed by atoms with Crippen LogP contribution in [0.5, 0.6) is 5.75 Å². The Morgan fingerprint density at radius 2 is 0.964 bits per heavy atom. The average Bonchev–Trinajstić information content (AvgIpc) is 2.74. The van der Waals surface area contributed by atoms with Gasteiger partial charge in [0.05, 0.1) is 6.61 Å². The molecule has 0 N–H and O–H groups in total. The third-order valence-electron chi connectivity index (χ3n) is 4.97. The molecule has 0 amide bonds. The molecule has 0 saturated heterocycles. The molecule has 0 aromatic heterocycles. The molecule has 146 valence electrons. The van der Waals surface area contributed by atoms with E-state index in [1.807, 2.05) is 0 Å². The largest absolute Gasteiger partial charge is 0.494 e. The summed E-state index contributed by atoms with van der Waals surface area (Å²) < 4.78 is 10.9. The molecule has 0 atom stereocenters. The summed E-state index contributed by atoms with van der Waals surface area (Å²) in [6.45, 7) is 3.75. The van der Waals surface area contributed by atoms with Crippen molar-refractivity contribution in [1.82, 2.24) is 0 Å². The van der Waals surface area contributed by atoms with E-state index in [0.717, 1.165) is 31.8 Å². The van der Waals surface area contributed by atoms with Crippen LogP contribution in [-0.4, -0.2) is 20.3 Å². The summed E-state index contributed by atoms with van der Waals surface area (Å²) >= 11 is 0. The molecule has 0 aliphatic rings. The van der Waals surface area contributed by atoms with Crippen molar-refractivity contribution in [3.63, 3.8) is 0 Å². The fraction of sp³-hybridized carbons (Fsp3) is 0.308. The van der Waals surface area contributed by atoms with Gasteiger partial charge in [0.2, 0.25) is 0 Å². The molecule has 0 aliphatic carbocycles. The standard InChI is InChI=1S/C26H30O2/c1-21-7-9-22(10-8-21)23-11-13-24(14-12-23)25-15-17-26(18-16-25)28-20-6-4-3-5-19-27-2/h7-18H,3-6,19-20H2,1-2H3. The predicted octanol–water partition coefficient (Wildman–Crippen LogP) is 6.91. The highest BCUT2D eigenvalue weighted by molar-refractivity contribution is 5.70. The van der Waals surface area contributed by atoms with E-state index in [9.17, 15) is 0 Å². The maximum absolute atomic E-state index is 5.86. The first kappa shape index (κ1) is 20.2. The van der Waals surface area contributed by atoms with E-state index in [1.54, 1.807) is 7.11 Å². The van der Waals surface area contributed by atoms with Crippen molar-refractivity contribution in [2.45, 2.75) is 32.6 Å². The van der Waals surface area contributed by atoms with Crippen LogP contribution in [0, 0.1) is 6.92 Å². The maximum Gasteiger partial charge on any atom is 0.119 e. The highest BCUT2D eigenvalue weighted by atomic mass is 16.5. The lowest BCUT2D eigenvalue weighted by Crippen LogP contribution is -1.97. The lowest BCUT2D eigenvalue weighted by atomic mass is 10.00. The van der Waals surface area contributed by atoms with Gasteiger partial charge >= 0.3 is 0 Å². The van der Waals surface area contributed by atoms with E-state index in [-0.39, 0.29) is 0 Å². The van der Waals surface area contributed by atoms with E-state index in [0.29, 0.717) is 0 Å². The van der Waals surface area contributed by atoms with Crippen molar-refractivity contribution in [3.05, 3.63) is 78.4 Å². The van der Waals surface area contributed by atoms with Crippen LogP contribution in [0.3, 0.4) is 0 Å². The van der Waals surface area contributed by atoms with Gasteiger partial charge in [0.1, 0.15) is 5.75 Å². The number of ether oxygens (including phenoxy) is 2. The zero-order valence-electron chi connectivity index (χ0n) is 17.0. The lowest BCUT2D eigenvalue weighted by molar-refractivity contribution is 0.191. The topological polar surface area (TPSA) is 18.5 Å². The first-order chi connectivity index (χ1) is 13.8. The van der Waals surface area contributed by atoms with Gasteiger partial charge in [-0.15, -0.1) is 0 Å². The van der Waals surface area contributed by atoms with Gasteiger partial charge in [-0.1, -0.05) is 72.6 Å². The first-order valence-corrected chi connectivity index (χ1v) is 10.2. The van der Waals surface area contributed by atoms with Crippen LogP contribution in [-0.2, 0) is 4.74 Å². The molecule has 3 aromatic carbocycles. The highest BCUT2D eigenvalue weighted by Crippen LogP contribution is 2.26. The Hall–Kier alpha value is -2.58. The smallest absolute Gasteiger partial charge is 0.119 e. The predicted molar refractivity (Wildman–Crippen MR) is 118 cm³/mol.